The molecular formula is C13H16F3N3O3S. The van der Waals surface area contributed by atoms with Gasteiger partial charge in [-0.1, -0.05) is 6.07 Å². The SMILES string of the molecule is CN1CCN(S(=O)(=O)c2c(C(N)=O)cccc2C(F)(F)F)CC1. The molecule has 0 bridgehead atoms. The lowest BCUT2D eigenvalue weighted by atomic mass is 10.1. The highest BCUT2D eigenvalue weighted by Crippen LogP contribution is 2.37. The summed E-state index contributed by atoms with van der Waals surface area (Å²) < 4.78 is 65.9. The number of alkyl halides is 3. The van der Waals surface area contributed by atoms with Gasteiger partial charge in [0.05, 0.1) is 11.1 Å². The van der Waals surface area contributed by atoms with Gasteiger partial charge >= 0.3 is 6.18 Å². The third-order valence-electron chi connectivity index (χ3n) is 3.65. The van der Waals surface area contributed by atoms with Crippen LogP contribution in [-0.2, 0) is 16.2 Å². The van der Waals surface area contributed by atoms with Crippen LogP contribution in [0.1, 0.15) is 15.9 Å². The average Bonchev–Trinajstić information content (AvgIpc) is 2.46. The zero-order valence-corrected chi connectivity index (χ0v) is 13.1. The molecule has 1 aliphatic heterocycles. The number of likely N-dealkylation sites (N-methyl/N-ethyl adjacent to an activating group) is 1. The number of benzene rings is 1. The fraction of sp³-hybridized carbons (Fsp3) is 0.462. The molecule has 0 unspecified atom stereocenters. The maximum Gasteiger partial charge on any atom is 0.417 e. The summed E-state index contributed by atoms with van der Waals surface area (Å²) in [5.74, 6) is -1.22. The Morgan fingerprint density at radius 3 is 2.22 bits per heavy atom. The molecule has 1 saturated heterocycles. The standard InChI is InChI=1S/C13H16F3N3O3S/c1-18-5-7-19(8-6-18)23(21,22)11-9(12(17)20)3-2-4-10(11)13(14,15)16/h2-4H,5-8H2,1H3,(H2,17,20). The zero-order chi connectivity index (χ0) is 17.4. The number of rotatable bonds is 3. The Balaban J connectivity index is 2.62. The largest absolute Gasteiger partial charge is 0.417 e. The van der Waals surface area contributed by atoms with Crippen LogP contribution in [-0.4, -0.2) is 56.8 Å². The lowest BCUT2D eigenvalue weighted by molar-refractivity contribution is -0.140. The van der Waals surface area contributed by atoms with Crippen LogP contribution in [0.4, 0.5) is 13.2 Å². The van der Waals surface area contributed by atoms with Crippen molar-refractivity contribution in [1.29, 1.82) is 0 Å². The van der Waals surface area contributed by atoms with Crippen LogP contribution in [0.25, 0.3) is 0 Å². The van der Waals surface area contributed by atoms with Crippen molar-refractivity contribution in [1.82, 2.24) is 9.21 Å². The van der Waals surface area contributed by atoms with Crippen LogP contribution in [0.3, 0.4) is 0 Å². The Bertz CT molecular complexity index is 711. The molecule has 6 nitrogen and oxygen atoms in total. The number of nitrogens with zero attached hydrogens (tertiary/aromatic N) is 2. The van der Waals surface area contributed by atoms with Gasteiger partial charge in [0, 0.05) is 26.2 Å². The van der Waals surface area contributed by atoms with Crippen molar-refractivity contribution in [2.75, 3.05) is 33.2 Å². The van der Waals surface area contributed by atoms with Crippen molar-refractivity contribution in [2.45, 2.75) is 11.1 Å². The number of sulfonamides is 1. The van der Waals surface area contributed by atoms with E-state index < -0.39 is 38.1 Å². The quantitative estimate of drug-likeness (QED) is 0.871. The lowest BCUT2D eigenvalue weighted by Crippen LogP contribution is -2.47. The first kappa shape index (κ1) is 17.7. The molecule has 1 fully saturated rings. The summed E-state index contributed by atoms with van der Waals surface area (Å²) in [6, 6.07) is 2.59. The van der Waals surface area contributed by atoms with E-state index in [1.54, 1.807) is 7.05 Å². The highest BCUT2D eigenvalue weighted by molar-refractivity contribution is 7.89. The first-order valence-electron chi connectivity index (χ1n) is 6.74. The molecule has 2 N–H and O–H groups in total. The van der Waals surface area contributed by atoms with Gasteiger partial charge in [0.1, 0.15) is 4.90 Å². The van der Waals surface area contributed by atoms with Gasteiger partial charge in [0.25, 0.3) is 0 Å². The number of nitrogens with two attached hydrogens (primary N) is 1. The third-order valence-corrected chi connectivity index (χ3v) is 5.65. The van der Waals surface area contributed by atoms with Gasteiger partial charge in [-0.05, 0) is 19.2 Å². The number of piperazine rings is 1. The van der Waals surface area contributed by atoms with E-state index in [9.17, 15) is 26.4 Å². The van der Waals surface area contributed by atoms with Crippen LogP contribution >= 0.6 is 0 Å². The van der Waals surface area contributed by atoms with E-state index in [-0.39, 0.29) is 13.1 Å². The predicted octanol–water partition coefficient (Wildman–Crippen LogP) is 0.740. The minimum Gasteiger partial charge on any atom is -0.366 e. The van der Waals surface area contributed by atoms with E-state index in [0.29, 0.717) is 19.2 Å². The van der Waals surface area contributed by atoms with E-state index in [1.165, 1.54) is 0 Å². The molecule has 0 radical (unpaired) electrons. The molecule has 23 heavy (non-hydrogen) atoms. The van der Waals surface area contributed by atoms with E-state index >= 15 is 0 Å². The van der Waals surface area contributed by atoms with E-state index in [2.05, 4.69) is 0 Å². The van der Waals surface area contributed by atoms with Crippen molar-refractivity contribution in [3.05, 3.63) is 29.3 Å². The first-order valence-corrected chi connectivity index (χ1v) is 8.18. The summed E-state index contributed by atoms with van der Waals surface area (Å²) in [6.07, 6.45) is -4.92. The second kappa shape index (κ2) is 6.10. The highest BCUT2D eigenvalue weighted by Gasteiger charge is 2.41. The Labute approximate surface area is 131 Å². The van der Waals surface area contributed by atoms with Gasteiger partial charge in [-0.2, -0.15) is 17.5 Å². The molecular weight excluding hydrogens is 335 g/mol. The van der Waals surface area contributed by atoms with Crippen LogP contribution in [0, 0.1) is 0 Å². The second-order valence-corrected chi connectivity index (χ2v) is 7.13. The van der Waals surface area contributed by atoms with Gasteiger partial charge in [-0.25, -0.2) is 8.42 Å². The molecule has 1 heterocycles. The molecule has 10 heteroatoms. The highest BCUT2D eigenvalue weighted by atomic mass is 32.2. The number of primary amides is 1. The second-order valence-electron chi connectivity index (χ2n) is 5.25. The Kier molecular flexibility index (Phi) is 4.69. The monoisotopic (exact) mass is 351 g/mol. The van der Waals surface area contributed by atoms with Gasteiger partial charge in [-0.15, -0.1) is 0 Å². The van der Waals surface area contributed by atoms with Crippen LogP contribution in [0.5, 0.6) is 0 Å². The molecule has 2 rings (SSSR count). The van der Waals surface area contributed by atoms with Crippen LogP contribution < -0.4 is 5.73 Å². The molecule has 0 saturated carbocycles. The minimum atomic E-state index is -4.92. The Hall–Kier alpha value is -1.65. The molecule has 1 aliphatic rings. The average molecular weight is 351 g/mol. The summed E-state index contributed by atoms with van der Waals surface area (Å²) >= 11 is 0. The maximum atomic E-state index is 13.2. The number of halogens is 3. The number of hydrogen-bond donors (Lipinski definition) is 1. The van der Waals surface area contributed by atoms with Crippen molar-refractivity contribution in [2.24, 2.45) is 5.73 Å². The van der Waals surface area contributed by atoms with Crippen molar-refractivity contribution in [3.63, 3.8) is 0 Å². The molecule has 1 amide bonds. The molecule has 1 aromatic rings. The van der Waals surface area contributed by atoms with Crippen molar-refractivity contribution < 1.29 is 26.4 Å². The lowest BCUT2D eigenvalue weighted by Gasteiger charge is -2.32. The number of carbonyl (C=O) groups excluding carboxylic acids is 1. The zero-order valence-electron chi connectivity index (χ0n) is 12.3. The molecule has 0 atom stereocenters. The Morgan fingerprint density at radius 2 is 1.74 bits per heavy atom. The van der Waals surface area contributed by atoms with Crippen molar-refractivity contribution >= 4 is 15.9 Å². The van der Waals surface area contributed by atoms with E-state index in [4.69, 9.17) is 5.73 Å². The summed E-state index contributed by atoms with van der Waals surface area (Å²) in [4.78, 5) is 12.2. The normalized spacial score (nSPS) is 18.1. The summed E-state index contributed by atoms with van der Waals surface area (Å²) in [5.41, 5.74) is 3.04. The summed E-state index contributed by atoms with van der Waals surface area (Å²) in [5, 5.41) is 0. The summed E-state index contributed by atoms with van der Waals surface area (Å²) in [6.45, 7) is 0.866. The minimum absolute atomic E-state index is 0.0449. The fourth-order valence-corrected chi connectivity index (χ4v) is 4.20. The fourth-order valence-electron chi connectivity index (χ4n) is 2.39. The molecule has 128 valence electrons. The Morgan fingerprint density at radius 1 is 1.17 bits per heavy atom. The van der Waals surface area contributed by atoms with E-state index in [0.717, 1.165) is 16.4 Å². The van der Waals surface area contributed by atoms with Gasteiger partial charge in [-0.3, -0.25) is 4.79 Å². The van der Waals surface area contributed by atoms with Crippen molar-refractivity contribution in [3.8, 4) is 0 Å². The third kappa shape index (κ3) is 3.48. The van der Waals surface area contributed by atoms with Gasteiger partial charge < -0.3 is 10.6 Å². The van der Waals surface area contributed by atoms with Crippen LogP contribution in [0.15, 0.2) is 23.1 Å². The predicted molar refractivity (Wildman–Crippen MR) is 76.2 cm³/mol. The number of carbonyl (C=O) groups is 1. The first-order chi connectivity index (χ1) is 10.5. The smallest absolute Gasteiger partial charge is 0.366 e. The van der Waals surface area contributed by atoms with Crippen LogP contribution in [0.2, 0.25) is 0 Å². The number of hydrogen-bond acceptors (Lipinski definition) is 4. The van der Waals surface area contributed by atoms with Gasteiger partial charge in [0.15, 0.2) is 0 Å². The molecule has 0 aromatic heterocycles. The molecule has 0 spiro atoms. The van der Waals surface area contributed by atoms with Gasteiger partial charge in [0.2, 0.25) is 15.9 Å². The van der Waals surface area contributed by atoms with E-state index in [1.807, 2.05) is 4.90 Å². The molecule has 1 aromatic carbocycles. The maximum absolute atomic E-state index is 13.2. The molecule has 0 aliphatic carbocycles. The summed E-state index contributed by atoms with van der Waals surface area (Å²) in [7, 11) is -2.71. The topological polar surface area (TPSA) is 83.7 Å². The number of amides is 1.